The summed E-state index contributed by atoms with van der Waals surface area (Å²) in [5.74, 6) is -1.15. The molecule has 0 aromatic heterocycles. The number of anilines is 2. The van der Waals surface area contributed by atoms with E-state index >= 15 is 0 Å². The molecule has 1 N–H and O–H groups in total. The molecule has 2 amide bonds. The molecule has 0 unspecified atom stereocenters. The summed E-state index contributed by atoms with van der Waals surface area (Å²) < 4.78 is 27.7. The van der Waals surface area contributed by atoms with Gasteiger partial charge in [0, 0.05) is 31.9 Å². The highest BCUT2D eigenvalue weighted by atomic mass is 19.1. The van der Waals surface area contributed by atoms with Crippen LogP contribution in [0.25, 0.3) is 0 Å². The van der Waals surface area contributed by atoms with Gasteiger partial charge in [0.25, 0.3) is 0 Å². The number of rotatable bonds is 2. The van der Waals surface area contributed by atoms with Gasteiger partial charge >= 0.3 is 6.03 Å². The predicted octanol–water partition coefficient (Wildman–Crippen LogP) is 3.63. The lowest BCUT2D eigenvalue weighted by atomic mass is 10.2. The Morgan fingerprint density at radius 3 is 2.25 bits per heavy atom. The number of nitrogens with one attached hydrogen (secondary N) is 1. The fraction of sp³-hybridized carbons (Fsp3) is 0.278. The standard InChI is InChI=1S/C18H19F2N3O/c1-13-4-2-5-14(12-13)21-18(24)23-10-8-22(9-11-23)17-15(19)6-3-7-16(17)20/h2-7,12H,8-11H2,1H3,(H,21,24). The van der Waals surface area contributed by atoms with E-state index in [0.717, 1.165) is 11.3 Å². The van der Waals surface area contributed by atoms with Gasteiger partial charge in [-0.15, -0.1) is 0 Å². The van der Waals surface area contributed by atoms with Crippen molar-refractivity contribution in [3.8, 4) is 0 Å². The number of benzene rings is 2. The second-order valence-electron chi connectivity index (χ2n) is 5.84. The Labute approximate surface area is 139 Å². The summed E-state index contributed by atoms with van der Waals surface area (Å²) in [6.45, 7) is 3.55. The van der Waals surface area contributed by atoms with Gasteiger partial charge in [-0.25, -0.2) is 13.6 Å². The molecule has 1 fully saturated rings. The molecule has 0 spiro atoms. The fourth-order valence-electron chi connectivity index (χ4n) is 2.85. The summed E-state index contributed by atoms with van der Waals surface area (Å²) in [6.07, 6.45) is 0. The third-order valence-electron chi connectivity index (χ3n) is 4.09. The molecule has 126 valence electrons. The number of carbonyl (C=O) groups excluding carboxylic acids is 1. The highest BCUT2D eigenvalue weighted by molar-refractivity contribution is 5.89. The van der Waals surface area contributed by atoms with E-state index < -0.39 is 11.6 Å². The van der Waals surface area contributed by atoms with Gasteiger partial charge in [0.05, 0.1) is 0 Å². The van der Waals surface area contributed by atoms with Crippen LogP contribution in [0, 0.1) is 18.6 Å². The van der Waals surface area contributed by atoms with Crippen molar-refractivity contribution in [2.75, 3.05) is 36.4 Å². The molecule has 6 heteroatoms. The molecule has 2 aromatic carbocycles. The highest BCUT2D eigenvalue weighted by Gasteiger charge is 2.24. The Kier molecular flexibility index (Phi) is 4.64. The first-order chi connectivity index (χ1) is 11.5. The number of aryl methyl sites for hydroxylation is 1. The van der Waals surface area contributed by atoms with E-state index in [4.69, 9.17) is 0 Å². The van der Waals surface area contributed by atoms with Crippen molar-refractivity contribution in [1.82, 2.24) is 4.90 Å². The zero-order valence-corrected chi connectivity index (χ0v) is 13.4. The first-order valence-corrected chi connectivity index (χ1v) is 7.86. The van der Waals surface area contributed by atoms with Gasteiger partial charge in [-0.05, 0) is 36.8 Å². The minimum atomic E-state index is -0.576. The maximum atomic E-state index is 13.8. The average Bonchev–Trinajstić information content (AvgIpc) is 2.55. The van der Waals surface area contributed by atoms with E-state index in [1.54, 1.807) is 9.80 Å². The van der Waals surface area contributed by atoms with Gasteiger partial charge in [-0.3, -0.25) is 0 Å². The zero-order chi connectivity index (χ0) is 17.1. The molecule has 1 aliphatic heterocycles. The molecule has 0 aliphatic carbocycles. The lowest BCUT2D eigenvalue weighted by molar-refractivity contribution is 0.208. The molecule has 1 saturated heterocycles. The molecule has 4 nitrogen and oxygen atoms in total. The van der Waals surface area contributed by atoms with E-state index in [0.29, 0.717) is 26.2 Å². The quantitative estimate of drug-likeness (QED) is 0.912. The number of carbonyl (C=O) groups is 1. The predicted molar refractivity (Wildman–Crippen MR) is 90.3 cm³/mol. The molecule has 2 aromatic rings. The Balaban J connectivity index is 1.61. The van der Waals surface area contributed by atoms with Crippen LogP contribution in [0.3, 0.4) is 0 Å². The van der Waals surface area contributed by atoms with Crippen molar-refractivity contribution in [3.05, 3.63) is 59.7 Å². The summed E-state index contributed by atoms with van der Waals surface area (Å²) in [5, 5.41) is 2.85. The first kappa shape index (κ1) is 16.2. The number of amides is 2. The van der Waals surface area contributed by atoms with Crippen molar-refractivity contribution in [2.45, 2.75) is 6.92 Å². The van der Waals surface area contributed by atoms with Gasteiger partial charge in [0.2, 0.25) is 0 Å². The van der Waals surface area contributed by atoms with Crippen molar-refractivity contribution in [3.63, 3.8) is 0 Å². The fourth-order valence-corrected chi connectivity index (χ4v) is 2.85. The van der Waals surface area contributed by atoms with Gasteiger partial charge in [-0.1, -0.05) is 18.2 Å². The van der Waals surface area contributed by atoms with Gasteiger partial charge in [0.15, 0.2) is 0 Å². The van der Waals surface area contributed by atoms with Crippen LogP contribution in [-0.2, 0) is 0 Å². The Morgan fingerprint density at radius 2 is 1.62 bits per heavy atom. The normalized spacial score (nSPS) is 14.6. The van der Waals surface area contributed by atoms with Crippen LogP contribution in [0.2, 0.25) is 0 Å². The lowest BCUT2D eigenvalue weighted by Crippen LogP contribution is -2.50. The van der Waals surface area contributed by atoms with Crippen LogP contribution >= 0.6 is 0 Å². The van der Waals surface area contributed by atoms with E-state index in [2.05, 4.69) is 5.32 Å². The third-order valence-corrected chi connectivity index (χ3v) is 4.09. The second kappa shape index (κ2) is 6.86. The number of halogens is 2. The number of hydrogen-bond acceptors (Lipinski definition) is 2. The lowest BCUT2D eigenvalue weighted by Gasteiger charge is -2.36. The van der Waals surface area contributed by atoms with Crippen LogP contribution in [0.5, 0.6) is 0 Å². The van der Waals surface area contributed by atoms with Crippen LogP contribution in [-0.4, -0.2) is 37.1 Å². The number of piperazine rings is 1. The minimum Gasteiger partial charge on any atom is -0.363 e. The number of para-hydroxylation sites is 1. The smallest absolute Gasteiger partial charge is 0.321 e. The monoisotopic (exact) mass is 331 g/mol. The van der Waals surface area contributed by atoms with E-state index in [9.17, 15) is 13.6 Å². The van der Waals surface area contributed by atoms with Crippen molar-refractivity contribution < 1.29 is 13.6 Å². The van der Waals surface area contributed by atoms with Crippen LogP contribution < -0.4 is 10.2 Å². The van der Waals surface area contributed by atoms with Crippen molar-refractivity contribution in [2.24, 2.45) is 0 Å². The van der Waals surface area contributed by atoms with E-state index in [1.165, 1.54) is 18.2 Å². The molecule has 0 saturated carbocycles. The Morgan fingerprint density at radius 1 is 1.00 bits per heavy atom. The zero-order valence-electron chi connectivity index (χ0n) is 13.4. The Hall–Kier alpha value is -2.63. The van der Waals surface area contributed by atoms with E-state index in [-0.39, 0.29) is 11.7 Å². The Bertz CT molecular complexity index is 723. The summed E-state index contributed by atoms with van der Waals surface area (Å²) >= 11 is 0. The molecule has 1 heterocycles. The summed E-state index contributed by atoms with van der Waals surface area (Å²) in [6, 6.07) is 11.2. The van der Waals surface area contributed by atoms with Gasteiger partial charge < -0.3 is 15.1 Å². The van der Waals surface area contributed by atoms with Crippen molar-refractivity contribution >= 4 is 17.4 Å². The molecule has 0 atom stereocenters. The summed E-state index contributed by atoms with van der Waals surface area (Å²) in [5.41, 5.74) is 1.78. The molecule has 0 bridgehead atoms. The maximum absolute atomic E-state index is 13.8. The van der Waals surface area contributed by atoms with Crippen LogP contribution in [0.4, 0.5) is 25.0 Å². The molecule has 24 heavy (non-hydrogen) atoms. The van der Waals surface area contributed by atoms with Crippen LogP contribution in [0.15, 0.2) is 42.5 Å². The summed E-state index contributed by atoms with van der Waals surface area (Å²) in [7, 11) is 0. The number of hydrogen-bond donors (Lipinski definition) is 1. The minimum absolute atomic E-state index is 0.0174. The van der Waals surface area contributed by atoms with Gasteiger partial charge in [-0.2, -0.15) is 0 Å². The SMILES string of the molecule is Cc1cccc(NC(=O)N2CCN(c3c(F)cccc3F)CC2)c1. The highest BCUT2D eigenvalue weighted by Crippen LogP contribution is 2.24. The molecule has 1 aliphatic rings. The van der Waals surface area contributed by atoms with Gasteiger partial charge in [0.1, 0.15) is 17.3 Å². The number of urea groups is 1. The first-order valence-electron chi connectivity index (χ1n) is 7.86. The topological polar surface area (TPSA) is 35.6 Å². The van der Waals surface area contributed by atoms with E-state index in [1.807, 2.05) is 31.2 Å². The number of nitrogens with zero attached hydrogens (tertiary/aromatic N) is 2. The van der Waals surface area contributed by atoms with Crippen LogP contribution in [0.1, 0.15) is 5.56 Å². The molecular formula is C18H19F2N3O. The molecule has 0 radical (unpaired) electrons. The second-order valence-corrected chi connectivity index (χ2v) is 5.84. The van der Waals surface area contributed by atoms with Crippen molar-refractivity contribution in [1.29, 1.82) is 0 Å². The summed E-state index contributed by atoms with van der Waals surface area (Å²) in [4.78, 5) is 15.6. The molecule has 3 rings (SSSR count). The largest absolute Gasteiger partial charge is 0.363 e. The third kappa shape index (κ3) is 3.48. The maximum Gasteiger partial charge on any atom is 0.321 e. The molecular weight excluding hydrogens is 312 g/mol. The average molecular weight is 331 g/mol.